The fourth-order valence-electron chi connectivity index (χ4n) is 2.07. The van der Waals surface area contributed by atoms with E-state index in [1.165, 1.54) is 0 Å². The van der Waals surface area contributed by atoms with Crippen molar-refractivity contribution in [2.24, 2.45) is 0 Å². The minimum absolute atomic E-state index is 0.175. The predicted molar refractivity (Wildman–Crippen MR) is 84.3 cm³/mol. The number of hydrogen-bond acceptors (Lipinski definition) is 4. The molecule has 1 heterocycles. The molecule has 1 aromatic carbocycles. The predicted octanol–water partition coefficient (Wildman–Crippen LogP) is 2.98. The minimum atomic E-state index is -0.179. The van der Waals surface area contributed by atoms with Crippen molar-refractivity contribution in [1.82, 2.24) is 10.3 Å². The lowest BCUT2D eigenvalue weighted by Crippen LogP contribution is -2.27. The molecule has 1 N–H and O–H groups in total. The summed E-state index contributed by atoms with van der Waals surface area (Å²) >= 11 is 0. The minimum Gasteiger partial charge on any atom is -0.493 e. The average molecular weight is 300 g/mol. The molecule has 0 saturated heterocycles. The summed E-state index contributed by atoms with van der Waals surface area (Å²) in [6.07, 6.45) is 1.71. The van der Waals surface area contributed by atoms with Crippen LogP contribution in [0.4, 0.5) is 0 Å². The zero-order chi connectivity index (χ0) is 15.9. The molecule has 5 nitrogen and oxygen atoms in total. The third kappa shape index (κ3) is 3.75. The molecular weight excluding hydrogens is 280 g/mol. The van der Waals surface area contributed by atoms with E-state index in [1.807, 2.05) is 32.0 Å². The smallest absolute Gasteiger partial charge is 0.251 e. The highest BCUT2D eigenvalue weighted by atomic mass is 16.5. The summed E-state index contributed by atoms with van der Waals surface area (Å²) in [6.45, 7) is 4.29. The first-order valence-corrected chi connectivity index (χ1v) is 7.18. The van der Waals surface area contributed by atoms with Crippen molar-refractivity contribution in [1.29, 1.82) is 0 Å². The molecule has 116 valence electrons. The number of pyridine rings is 1. The number of amides is 1. The van der Waals surface area contributed by atoms with Crippen LogP contribution >= 0.6 is 0 Å². The van der Waals surface area contributed by atoms with E-state index >= 15 is 0 Å². The molecule has 22 heavy (non-hydrogen) atoms. The number of methoxy groups -OCH3 is 1. The fraction of sp³-hybridized carbons (Fsp3) is 0.294. The van der Waals surface area contributed by atoms with E-state index in [9.17, 15) is 4.79 Å². The third-order valence-electron chi connectivity index (χ3n) is 3.20. The molecule has 1 aromatic heterocycles. The Morgan fingerprint density at radius 3 is 2.73 bits per heavy atom. The highest BCUT2D eigenvalue weighted by Gasteiger charge is 2.14. The van der Waals surface area contributed by atoms with Crippen molar-refractivity contribution >= 4 is 5.91 Å². The van der Waals surface area contributed by atoms with Crippen molar-refractivity contribution in [3.05, 3.63) is 53.9 Å². The van der Waals surface area contributed by atoms with E-state index in [2.05, 4.69) is 10.3 Å². The number of aromatic nitrogens is 1. The van der Waals surface area contributed by atoms with Gasteiger partial charge in [0.2, 0.25) is 0 Å². The number of rotatable bonds is 6. The maximum absolute atomic E-state index is 12.3. The van der Waals surface area contributed by atoms with E-state index < -0.39 is 0 Å². The van der Waals surface area contributed by atoms with Crippen molar-refractivity contribution < 1.29 is 14.3 Å². The lowest BCUT2D eigenvalue weighted by molar-refractivity contribution is 0.0938. The van der Waals surface area contributed by atoms with Gasteiger partial charge in [-0.05, 0) is 44.2 Å². The topological polar surface area (TPSA) is 60.5 Å². The van der Waals surface area contributed by atoms with Crippen molar-refractivity contribution in [3.8, 4) is 11.5 Å². The molecule has 0 spiro atoms. The molecule has 2 aromatic rings. The highest BCUT2D eigenvalue weighted by Crippen LogP contribution is 2.28. The number of hydrogen-bond donors (Lipinski definition) is 1. The zero-order valence-electron chi connectivity index (χ0n) is 13.0. The monoisotopic (exact) mass is 300 g/mol. The van der Waals surface area contributed by atoms with E-state index in [-0.39, 0.29) is 11.9 Å². The number of nitrogens with one attached hydrogen (secondary N) is 1. The summed E-state index contributed by atoms with van der Waals surface area (Å²) in [5.74, 6) is 0.987. The quantitative estimate of drug-likeness (QED) is 0.891. The summed E-state index contributed by atoms with van der Waals surface area (Å²) in [6, 6.07) is 10.6. The molecule has 0 bridgehead atoms. The van der Waals surface area contributed by atoms with Crippen molar-refractivity contribution in [2.75, 3.05) is 13.7 Å². The van der Waals surface area contributed by atoms with Crippen LogP contribution in [0, 0.1) is 0 Å². The molecule has 0 aliphatic rings. The van der Waals surface area contributed by atoms with Crippen LogP contribution in [0.1, 0.15) is 35.9 Å². The Balaban J connectivity index is 2.14. The maximum atomic E-state index is 12.3. The Bertz CT molecular complexity index is 629. The number of carbonyl (C=O) groups excluding carboxylic acids is 1. The summed E-state index contributed by atoms with van der Waals surface area (Å²) in [7, 11) is 1.57. The SMILES string of the molecule is CCOc1cc(C(=O)NC(C)c2ccccn2)ccc1OC. The van der Waals surface area contributed by atoms with Crippen LogP contribution < -0.4 is 14.8 Å². The van der Waals surface area contributed by atoms with E-state index in [1.54, 1.807) is 31.5 Å². The second-order valence-electron chi connectivity index (χ2n) is 4.75. The summed E-state index contributed by atoms with van der Waals surface area (Å²) in [4.78, 5) is 16.6. The first-order valence-electron chi connectivity index (χ1n) is 7.18. The molecule has 0 fully saturated rings. The molecule has 1 unspecified atom stereocenters. The molecular formula is C17H20N2O3. The van der Waals surface area contributed by atoms with Crippen LogP contribution in [0.25, 0.3) is 0 Å². The average Bonchev–Trinajstić information content (AvgIpc) is 2.55. The Hall–Kier alpha value is -2.56. The lowest BCUT2D eigenvalue weighted by Gasteiger charge is -2.15. The highest BCUT2D eigenvalue weighted by molar-refractivity contribution is 5.95. The van der Waals surface area contributed by atoms with E-state index in [0.717, 1.165) is 5.69 Å². The van der Waals surface area contributed by atoms with E-state index in [4.69, 9.17) is 9.47 Å². The zero-order valence-corrected chi connectivity index (χ0v) is 13.0. The molecule has 0 aliphatic heterocycles. The van der Waals surface area contributed by atoms with Crippen LogP contribution in [0.3, 0.4) is 0 Å². The Morgan fingerprint density at radius 1 is 1.27 bits per heavy atom. The number of carbonyl (C=O) groups is 1. The molecule has 2 rings (SSSR count). The van der Waals surface area contributed by atoms with Crippen LogP contribution in [-0.2, 0) is 0 Å². The summed E-state index contributed by atoms with van der Waals surface area (Å²) < 4.78 is 10.7. The summed E-state index contributed by atoms with van der Waals surface area (Å²) in [5, 5.41) is 2.92. The molecule has 5 heteroatoms. The van der Waals surface area contributed by atoms with Gasteiger partial charge in [-0.1, -0.05) is 6.07 Å². The molecule has 0 saturated carbocycles. The maximum Gasteiger partial charge on any atom is 0.251 e. The van der Waals surface area contributed by atoms with Crippen LogP contribution in [0.5, 0.6) is 11.5 Å². The van der Waals surface area contributed by atoms with Crippen molar-refractivity contribution in [2.45, 2.75) is 19.9 Å². The standard InChI is InChI=1S/C17H20N2O3/c1-4-22-16-11-13(8-9-15(16)21-3)17(20)19-12(2)14-7-5-6-10-18-14/h5-12H,4H2,1-3H3,(H,19,20). The molecule has 1 amide bonds. The summed E-state index contributed by atoms with van der Waals surface area (Å²) in [5.41, 5.74) is 1.33. The van der Waals surface area contributed by atoms with Crippen LogP contribution in [-0.4, -0.2) is 24.6 Å². The van der Waals surface area contributed by atoms with Gasteiger partial charge in [-0.25, -0.2) is 0 Å². The Morgan fingerprint density at radius 2 is 2.09 bits per heavy atom. The van der Waals surface area contributed by atoms with Crippen molar-refractivity contribution in [3.63, 3.8) is 0 Å². The van der Waals surface area contributed by atoms with Gasteiger partial charge in [0.05, 0.1) is 25.5 Å². The van der Waals surface area contributed by atoms with Gasteiger partial charge in [-0.15, -0.1) is 0 Å². The first kappa shape index (κ1) is 15.8. The Kier molecular flexibility index (Phi) is 5.36. The van der Waals surface area contributed by atoms with Gasteiger partial charge >= 0.3 is 0 Å². The van der Waals surface area contributed by atoms with Gasteiger partial charge < -0.3 is 14.8 Å². The molecule has 0 radical (unpaired) electrons. The first-order chi connectivity index (χ1) is 10.7. The van der Waals surface area contributed by atoms with Gasteiger partial charge in [0, 0.05) is 11.8 Å². The number of ether oxygens (including phenoxy) is 2. The molecule has 0 aliphatic carbocycles. The van der Waals surface area contributed by atoms with Gasteiger partial charge in [0.25, 0.3) is 5.91 Å². The van der Waals surface area contributed by atoms with Gasteiger partial charge in [-0.2, -0.15) is 0 Å². The third-order valence-corrected chi connectivity index (χ3v) is 3.20. The van der Waals surface area contributed by atoms with Gasteiger partial charge in [-0.3, -0.25) is 9.78 Å². The second kappa shape index (κ2) is 7.45. The largest absolute Gasteiger partial charge is 0.493 e. The number of nitrogens with zero attached hydrogens (tertiary/aromatic N) is 1. The van der Waals surface area contributed by atoms with Crippen LogP contribution in [0.2, 0.25) is 0 Å². The Labute approximate surface area is 130 Å². The fourth-order valence-corrected chi connectivity index (χ4v) is 2.07. The van der Waals surface area contributed by atoms with E-state index in [0.29, 0.717) is 23.7 Å². The normalized spacial score (nSPS) is 11.6. The number of benzene rings is 1. The molecule has 1 atom stereocenters. The lowest BCUT2D eigenvalue weighted by atomic mass is 10.1. The van der Waals surface area contributed by atoms with Gasteiger partial charge in [0.1, 0.15) is 0 Å². The second-order valence-corrected chi connectivity index (χ2v) is 4.75. The van der Waals surface area contributed by atoms with Crippen LogP contribution in [0.15, 0.2) is 42.6 Å². The van der Waals surface area contributed by atoms with Gasteiger partial charge in [0.15, 0.2) is 11.5 Å².